The van der Waals surface area contributed by atoms with Crippen LogP contribution in [0.25, 0.3) is 0 Å². The number of carboxylic acid groups (broad SMARTS) is 1. The molecule has 0 fully saturated rings. The zero-order valence-electron chi connectivity index (χ0n) is 13.1. The molecule has 24 heavy (non-hydrogen) atoms. The number of carbonyl (C=O) groups excluding carboxylic acids is 1. The molecule has 0 aromatic carbocycles. The van der Waals surface area contributed by atoms with Crippen LogP contribution in [0.2, 0.25) is 0 Å². The molecule has 2 unspecified atom stereocenters. The Morgan fingerprint density at radius 1 is 1.33 bits per heavy atom. The molecule has 6 nitrogen and oxygen atoms in total. The predicted octanol–water partition coefficient (Wildman–Crippen LogP) is 2.33. The van der Waals surface area contributed by atoms with Crippen LogP contribution in [-0.2, 0) is 9.59 Å². The SMILES string of the molecule is CCCC(C1=NNC=CC=C1)C(CCC(F)(F)F)(C(N)=O)C(=O)O. The summed E-state index contributed by atoms with van der Waals surface area (Å²) >= 11 is 0. The molecule has 4 N–H and O–H groups in total. The highest BCUT2D eigenvalue weighted by atomic mass is 19.4. The van der Waals surface area contributed by atoms with E-state index >= 15 is 0 Å². The number of carbonyl (C=O) groups is 2. The van der Waals surface area contributed by atoms with E-state index in [-0.39, 0.29) is 12.1 Å². The number of nitrogens with one attached hydrogen (secondary N) is 1. The normalized spacial score (nSPS) is 18.1. The molecule has 1 aliphatic rings. The third-order valence-electron chi connectivity index (χ3n) is 3.90. The minimum absolute atomic E-state index is 0.151. The van der Waals surface area contributed by atoms with Crippen LogP contribution in [0, 0.1) is 11.3 Å². The second-order valence-electron chi connectivity index (χ2n) is 5.48. The number of hydrazone groups is 1. The highest BCUT2D eigenvalue weighted by Crippen LogP contribution is 2.40. The zero-order chi connectivity index (χ0) is 18.4. The van der Waals surface area contributed by atoms with Crippen LogP contribution in [-0.4, -0.2) is 28.9 Å². The monoisotopic (exact) mass is 347 g/mol. The number of hydrogen-bond donors (Lipinski definition) is 3. The first-order valence-corrected chi connectivity index (χ1v) is 7.41. The molecule has 0 saturated heterocycles. The van der Waals surface area contributed by atoms with Gasteiger partial charge in [-0.3, -0.25) is 15.0 Å². The van der Waals surface area contributed by atoms with Gasteiger partial charge in [0.25, 0.3) is 0 Å². The van der Waals surface area contributed by atoms with Crippen molar-refractivity contribution < 1.29 is 27.9 Å². The number of nitrogens with two attached hydrogens (primary N) is 1. The number of nitrogens with zero attached hydrogens (tertiary/aromatic N) is 1. The van der Waals surface area contributed by atoms with Gasteiger partial charge in [-0.1, -0.05) is 19.4 Å². The Hall–Kier alpha value is -2.32. The summed E-state index contributed by atoms with van der Waals surface area (Å²) < 4.78 is 38.0. The standard InChI is InChI=1S/C15H20F3N3O3/c1-2-5-10(11-6-3-4-9-20-21-11)14(12(19)22,13(23)24)7-8-15(16,17)18/h3-4,6,9-10,20H,2,5,7-8H2,1H3,(H2,19,22)(H,23,24). The highest BCUT2D eigenvalue weighted by Gasteiger charge is 2.53. The number of aliphatic carboxylic acids is 1. The molecule has 9 heteroatoms. The molecule has 1 rings (SSSR count). The van der Waals surface area contributed by atoms with E-state index in [0.29, 0.717) is 6.42 Å². The van der Waals surface area contributed by atoms with Gasteiger partial charge in [0.2, 0.25) is 5.91 Å². The molecular weight excluding hydrogens is 327 g/mol. The first kappa shape index (κ1) is 19.7. The molecule has 0 aromatic rings. The number of primary amides is 1. The van der Waals surface area contributed by atoms with E-state index in [4.69, 9.17) is 5.73 Å². The van der Waals surface area contributed by atoms with Crippen molar-refractivity contribution >= 4 is 17.6 Å². The number of halogens is 3. The van der Waals surface area contributed by atoms with Crippen LogP contribution in [0.5, 0.6) is 0 Å². The number of hydrogen-bond acceptors (Lipinski definition) is 4. The van der Waals surface area contributed by atoms with Gasteiger partial charge in [0, 0.05) is 18.5 Å². The number of allylic oxidation sites excluding steroid dienone is 3. The lowest BCUT2D eigenvalue weighted by molar-refractivity contribution is -0.165. The summed E-state index contributed by atoms with van der Waals surface area (Å²) in [6, 6.07) is 0. The van der Waals surface area contributed by atoms with Gasteiger partial charge in [-0.25, -0.2) is 0 Å². The van der Waals surface area contributed by atoms with Crippen LogP contribution in [0.1, 0.15) is 32.6 Å². The smallest absolute Gasteiger partial charge is 0.389 e. The summed E-state index contributed by atoms with van der Waals surface area (Å²) in [6.07, 6.45) is -0.303. The molecule has 1 amide bonds. The average molecular weight is 347 g/mol. The van der Waals surface area contributed by atoms with Crippen molar-refractivity contribution in [2.24, 2.45) is 22.2 Å². The van der Waals surface area contributed by atoms with Gasteiger partial charge >= 0.3 is 12.1 Å². The van der Waals surface area contributed by atoms with E-state index in [9.17, 15) is 27.9 Å². The Morgan fingerprint density at radius 3 is 2.50 bits per heavy atom. The molecule has 0 aromatic heterocycles. The minimum atomic E-state index is -4.60. The topological polar surface area (TPSA) is 105 Å². The van der Waals surface area contributed by atoms with Crippen molar-refractivity contribution in [3.8, 4) is 0 Å². The third-order valence-corrected chi connectivity index (χ3v) is 3.90. The van der Waals surface area contributed by atoms with Gasteiger partial charge in [0.05, 0.1) is 5.71 Å². The van der Waals surface area contributed by atoms with Crippen molar-refractivity contribution in [1.82, 2.24) is 5.43 Å². The molecule has 2 atom stereocenters. The van der Waals surface area contributed by atoms with Gasteiger partial charge in [0.15, 0.2) is 5.41 Å². The maximum atomic E-state index is 12.7. The van der Waals surface area contributed by atoms with Crippen LogP contribution in [0.4, 0.5) is 13.2 Å². The van der Waals surface area contributed by atoms with Gasteiger partial charge in [-0.05, 0) is 25.0 Å². The Labute approximate surface area is 137 Å². The van der Waals surface area contributed by atoms with Crippen LogP contribution < -0.4 is 11.2 Å². The lowest BCUT2D eigenvalue weighted by Crippen LogP contribution is -2.52. The molecule has 0 bridgehead atoms. The summed E-state index contributed by atoms with van der Waals surface area (Å²) in [5, 5.41) is 13.6. The van der Waals surface area contributed by atoms with Crippen molar-refractivity contribution in [3.63, 3.8) is 0 Å². The van der Waals surface area contributed by atoms with E-state index < -0.39 is 42.2 Å². The molecule has 0 spiro atoms. The van der Waals surface area contributed by atoms with Crippen LogP contribution >= 0.6 is 0 Å². The number of carboxylic acids is 1. The lowest BCUT2D eigenvalue weighted by atomic mass is 9.67. The maximum absolute atomic E-state index is 12.7. The fourth-order valence-corrected chi connectivity index (χ4v) is 2.70. The molecule has 0 radical (unpaired) electrons. The van der Waals surface area contributed by atoms with Crippen LogP contribution in [0.15, 0.2) is 29.5 Å². The Morgan fingerprint density at radius 2 is 2.00 bits per heavy atom. The summed E-state index contributed by atoms with van der Waals surface area (Å²) in [6.45, 7) is 1.73. The number of amides is 1. The fraction of sp³-hybridized carbons (Fsp3) is 0.533. The molecule has 0 aliphatic carbocycles. The summed E-state index contributed by atoms with van der Waals surface area (Å²) in [5.74, 6) is -4.06. The molecule has 134 valence electrons. The first-order valence-electron chi connectivity index (χ1n) is 7.41. The van der Waals surface area contributed by atoms with E-state index in [1.807, 2.05) is 0 Å². The van der Waals surface area contributed by atoms with Crippen molar-refractivity contribution in [1.29, 1.82) is 0 Å². The third kappa shape index (κ3) is 4.59. The molecule has 1 heterocycles. The van der Waals surface area contributed by atoms with Crippen molar-refractivity contribution in [3.05, 3.63) is 24.4 Å². The summed E-state index contributed by atoms with van der Waals surface area (Å²) in [7, 11) is 0. The number of alkyl halides is 3. The maximum Gasteiger partial charge on any atom is 0.389 e. The second kappa shape index (κ2) is 7.98. The summed E-state index contributed by atoms with van der Waals surface area (Å²) in [4.78, 5) is 23.8. The van der Waals surface area contributed by atoms with E-state index in [0.717, 1.165) is 0 Å². The van der Waals surface area contributed by atoms with Gasteiger partial charge < -0.3 is 10.8 Å². The van der Waals surface area contributed by atoms with Gasteiger partial charge in [0.1, 0.15) is 0 Å². The average Bonchev–Trinajstić information content (AvgIpc) is 2.73. The Bertz CT molecular complexity index is 554. The first-order chi connectivity index (χ1) is 11.1. The predicted molar refractivity (Wildman–Crippen MR) is 81.8 cm³/mol. The van der Waals surface area contributed by atoms with Crippen molar-refractivity contribution in [2.75, 3.05) is 0 Å². The van der Waals surface area contributed by atoms with Gasteiger partial charge in [-0.2, -0.15) is 18.3 Å². The number of rotatable bonds is 8. The van der Waals surface area contributed by atoms with Crippen LogP contribution in [0.3, 0.4) is 0 Å². The second-order valence-corrected chi connectivity index (χ2v) is 5.48. The van der Waals surface area contributed by atoms with Crippen molar-refractivity contribution in [2.45, 2.75) is 38.8 Å². The molecule has 0 saturated carbocycles. The summed E-state index contributed by atoms with van der Waals surface area (Å²) in [5.41, 5.74) is 5.60. The quantitative estimate of drug-likeness (QED) is 0.586. The van der Waals surface area contributed by atoms with E-state index in [1.165, 1.54) is 12.3 Å². The zero-order valence-corrected chi connectivity index (χ0v) is 13.1. The fourth-order valence-electron chi connectivity index (χ4n) is 2.70. The molecule has 1 aliphatic heterocycles. The largest absolute Gasteiger partial charge is 0.480 e. The molecular formula is C15H20F3N3O3. The highest BCUT2D eigenvalue weighted by molar-refractivity contribution is 6.09. The lowest BCUT2D eigenvalue weighted by Gasteiger charge is -2.34. The Balaban J connectivity index is 3.37. The minimum Gasteiger partial charge on any atom is -0.480 e. The van der Waals surface area contributed by atoms with E-state index in [2.05, 4.69) is 10.5 Å². The van der Waals surface area contributed by atoms with Gasteiger partial charge in [-0.15, -0.1) is 0 Å². The Kier molecular flexibility index (Phi) is 6.56. The van der Waals surface area contributed by atoms with E-state index in [1.54, 1.807) is 19.1 Å².